The fourth-order valence-electron chi connectivity index (χ4n) is 2.15. The first-order chi connectivity index (χ1) is 9.74. The van der Waals surface area contributed by atoms with Crippen molar-refractivity contribution in [3.05, 3.63) is 78.1 Å². The second-order valence-electron chi connectivity index (χ2n) is 4.41. The van der Waals surface area contributed by atoms with Gasteiger partial charge in [0.25, 0.3) is 0 Å². The number of carboxylic acids is 1. The highest BCUT2D eigenvalue weighted by atomic mass is 16.4. The quantitative estimate of drug-likeness (QED) is 0.729. The summed E-state index contributed by atoms with van der Waals surface area (Å²) in [5, 5.41) is 10.0. The molecule has 0 radical (unpaired) electrons. The molecule has 3 heteroatoms. The van der Waals surface area contributed by atoms with Crippen molar-refractivity contribution < 1.29 is 14.3 Å². The van der Waals surface area contributed by atoms with Gasteiger partial charge in [-0.1, -0.05) is 48.5 Å². The van der Waals surface area contributed by atoms with E-state index in [4.69, 9.17) is 9.52 Å². The largest absolute Gasteiger partial charge is 0.478 e. The van der Waals surface area contributed by atoms with E-state index in [9.17, 15) is 4.79 Å². The van der Waals surface area contributed by atoms with Crippen molar-refractivity contribution in [3.8, 4) is 0 Å². The van der Waals surface area contributed by atoms with Crippen molar-refractivity contribution in [2.75, 3.05) is 0 Å². The van der Waals surface area contributed by atoms with Gasteiger partial charge in [-0.2, -0.15) is 0 Å². The standard InChI is InChI=1S/C17H12O3/c18-17(19)11-14(12-6-2-1-3-7-12)16-10-13-8-4-5-9-15(13)20-16/h1-11H,(H,18,19). The van der Waals surface area contributed by atoms with E-state index in [2.05, 4.69) is 0 Å². The van der Waals surface area contributed by atoms with Gasteiger partial charge in [0.1, 0.15) is 11.3 Å². The summed E-state index contributed by atoms with van der Waals surface area (Å²) >= 11 is 0. The molecule has 0 aliphatic heterocycles. The number of hydrogen-bond acceptors (Lipinski definition) is 2. The maximum atomic E-state index is 11.1. The molecule has 3 aromatic rings. The normalized spacial score (nSPS) is 11.7. The Morgan fingerprint density at radius 2 is 1.70 bits per heavy atom. The van der Waals surface area contributed by atoms with Gasteiger partial charge in [0, 0.05) is 17.0 Å². The SMILES string of the molecule is O=C(O)C=C(c1ccccc1)c1cc2ccccc2o1. The van der Waals surface area contributed by atoms with E-state index >= 15 is 0 Å². The van der Waals surface area contributed by atoms with Crippen molar-refractivity contribution >= 4 is 22.5 Å². The molecule has 1 N–H and O–H groups in total. The van der Waals surface area contributed by atoms with Gasteiger partial charge in [0.05, 0.1) is 0 Å². The van der Waals surface area contributed by atoms with Gasteiger partial charge in [-0.3, -0.25) is 0 Å². The minimum atomic E-state index is -0.996. The fraction of sp³-hybridized carbons (Fsp3) is 0. The van der Waals surface area contributed by atoms with E-state index in [1.54, 1.807) is 0 Å². The Balaban J connectivity index is 2.17. The van der Waals surface area contributed by atoms with E-state index in [1.165, 1.54) is 6.08 Å². The number of benzene rings is 2. The molecule has 0 unspecified atom stereocenters. The topological polar surface area (TPSA) is 50.4 Å². The van der Waals surface area contributed by atoms with Crippen LogP contribution >= 0.6 is 0 Å². The first kappa shape index (κ1) is 12.2. The highest BCUT2D eigenvalue weighted by Gasteiger charge is 2.12. The lowest BCUT2D eigenvalue weighted by Crippen LogP contribution is -1.93. The Labute approximate surface area is 115 Å². The third kappa shape index (κ3) is 2.34. The summed E-state index contributed by atoms with van der Waals surface area (Å²) in [6.45, 7) is 0. The van der Waals surface area contributed by atoms with Gasteiger partial charge in [0.2, 0.25) is 0 Å². The maximum Gasteiger partial charge on any atom is 0.329 e. The predicted octanol–water partition coefficient (Wildman–Crippen LogP) is 3.95. The molecule has 0 bridgehead atoms. The zero-order valence-electron chi connectivity index (χ0n) is 10.6. The van der Waals surface area contributed by atoms with E-state index in [0.717, 1.165) is 16.5 Å². The van der Waals surface area contributed by atoms with Crippen molar-refractivity contribution in [3.63, 3.8) is 0 Å². The number of para-hydroxylation sites is 1. The van der Waals surface area contributed by atoms with Crippen molar-refractivity contribution in [1.82, 2.24) is 0 Å². The molecule has 0 aliphatic rings. The van der Waals surface area contributed by atoms with Crippen LogP contribution in [0.4, 0.5) is 0 Å². The Kier molecular flexibility index (Phi) is 3.09. The Morgan fingerprint density at radius 3 is 2.40 bits per heavy atom. The average molecular weight is 264 g/mol. The molecule has 0 amide bonds. The molecule has 1 aromatic heterocycles. The Bertz CT molecular complexity index is 749. The number of aliphatic carboxylic acids is 1. The summed E-state index contributed by atoms with van der Waals surface area (Å²) in [6, 6.07) is 18.8. The molecule has 0 saturated heterocycles. The van der Waals surface area contributed by atoms with Crippen LogP contribution in [-0.2, 0) is 4.79 Å². The molecule has 0 atom stereocenters. The smallest absolute Gasteiger partial charge is 0.329 e. The molecule has 0 aliphatic carbocycles. The maximum absolute atomic E-state index is 11.1. The predicted molar refractivity (Wildman–Crippen MR) is 77.4 cm³/mol. The number of fused-ring (bicyclic) bond motifs is 1. The molecule has 0 saturated carbocycles. The zero-order chi connectivity index (χ0) is 13.9. The van der Waals surface area contributed by atoms with Crippen LogP contribution < -0.4 is 0 Å². The van der Waals surface area contributed by atoms with E-state index in [0.29, 0.717) is 11.3 Å². The fourth-order valence-corrected chi connectivity index (χ4v) is 2.15. The minimum absolute atomic E-state index is 0.555. The second-order valence-corrected chi connectivity index (χ2v) is 4.41. The number of carboxylic acid groups (broad SMARTS) is 1. The molecule has 20 heavy (non-hydrogen) atoms. The molecular formula is C17H12O3. The number of furan rings is 1. The second kappa shape index (κ2) is 5.05. The molecule has 0 spiro atoms. The zero-order valence-corrected chi connectivity index (χ0v) is 10.6. The number of hydrogen-bond donors (Lipinski definition) is 1. The molecule has 98 valence electrons. The van der Waals surface area contributed by atoms with Crippen LogP contribution in [-0.4, -0.2) is 11.1 Å². The van der Waals surface area contributed by atoms with Crippen molar-refractivity contribution in [2.45, 2.75) is 0 Å². The van der Waals surface area contributed by atoms with Crippen LogP contribution in [0.3, 0.4) is 0 Å². The molecule has 3 rings (SSSR count). The van der Waals surface area contributed by atoms with Gasteiger partial charge < -0.3 is 9.52 Å². The van der Waals surface area contributed by atoms with Crippen molar-refractivity contribution in [2.24, 2.45) is 0 Å². The van der Waals surface area contributed by atoms with E-state index < -0.39 is 5.97 Å². The molecule has 1 heterocycles. The summed E-state index contributed by atoms with van der Waals surface area (Å²) in [5.74, 6) is -0.441. The number of rotatable bonds is 3. The Morgan fingerprint density at radius 1 is 1.00 bits per heavy atom. The molecule has 0 fully saturated rings. The molecule has 2 aromatic carbocycles. The lowest BCUT2D eigenvalue weighted by Gasteiger charge is -2.03. The van der Waals surface area contributed by atoms with Gasteiger partial charge in [-0.25, -0.2) is 4.79 Å². The summed E-state index contributed by atoms with van der Waals surface area (Å²) < 4.78 is 5.75. The average Bonchev–Trinajstić information content (AvgIpc) is 2.89. The minimum Gasteiger partial charge on any atom is -0.478 e. The molecule has 3 nitrogen and oxygen atoms in total. The van der Waals surface area contributed by atoms with E-state index in [-0.39, 0.29) is 0 Å². The summed E-state index contributed by atoms with van der Waals surface area (Å²) in [5.41, 5.74) is 2.12. The van der Waals surface area contributed by atoms with Gasteiger partial charge in [0.15, 0.2) is 0 Å². The van der Waals surface area contributed by atoms with Gasteiger partial charge in [-0.15, -0.1) is 0 Å². The lowest BCUT2D eigenvalue weighted by molar-refractivity contribution is -0.131. The lowest BCUT2D eigenvalue weighted by atomic mass is 10.0. The third-order valence-corrected chi connectivity index (χ3v) is 3.04. The summed E-state index contributed by atoms with van der Waals surface area (Å²) in [4.78, 5) is 11.1. The molecular weight excluding hydrogens is 252 g/mol. The van der Waals surface area contributed by atoms with Crippen LogP contribution in [0.15, 0.2) is 71.2 Å². The third-order valence-electron chi connectivity index (χ3n) is 3.04. The van der Waals surface area contributed by atoms with Crippen LogP contribution in [0.2, 0.25) is 0 Å². The van der Waals surface area contributed by atoms with Gasteiger partial charge >= 0.3 is 5.97 Å². The van der Waals surface area contributed by atoms with Crippen LogP contribution in [0.1, 0.15) is 11.3 Å². The van der Waals surface area contributed by atoms with Crippen LogP contribution in [0.5, 0.6) is 0 Å². The first-order valence-electron chi connectivity index (χ1n) is 6.23. The summed E-state index contributed by atoms with van der Waals surface area (Å²) in [7, 11) is 0. The highest BCUT2D eigenvalue weighted by Crippen LogP contribution is 2.29. The van der Waals surface area contributed by atoms with Crippen molar-refractivity contribution in [1.29, 1.82) is 0 Å². The number of carbonyl (C=O) groups is 1. The van der Waals surface area contributed by atoms with E-state index in [1.807, 2.05) is 60.7 Å². The van der Waals surface area contributed by atoms with Crippen LogP contribution in [0.25, 0.3) is 16.5 Å². The van der Waals surface area contributed by atoms with Gasteiger partial charge in [-0.05, 0) is 17.7 Å². The highest BCUT2D eigenvalue weighted by molar-refractivity contribution is 5.96. The Hall–Kier alpha value is -2.81. The van der Waals surface area contributed by atoms with Crippen LogP contribution in [0, 0.1) is 0 Å². The summed E-state index contributed by atoms with van der Waals surface area (Å²) in [6.07, 6.45) is 1.17. The first-order valence-corrected chi connectivity index (χ1v) is 6.23. The monoisotopic (exact) mass is 264 g/mol.